The Balaban J connectivity index is 0.000000301. The molecule has 0 saturated heterocycles. The molecule has 0 spiro atoms. The van der Waals surface area contributed by atoms with Crippen molar-refractivity contribution < 1.29 is 9.53 Å². The zero-order valence-electron chi connectivity index (χ0n) is 19.2. The number of nitrogens with two attached hydrogens (primary N) is 1. The van der Waals surface area contributed by atoms with Crippen molar-refractivity contribution in [2.24, 2.45) is 27.4 Å². The minimum Gasteiger partial charge on any atom is -0.444 e. The largest absolute Gasteiger partial charge is 0.444 e. The van der Waals surface area contributed by atoms with Crippen LogP contribution >= 0.6 is 24.8 Å². The number of rotatable bonds is 7. The van der Waals surface area contributed by atoms with E-state index in [-0.39, 0.29) is 30.9 Å². The van der Waals surface area contributed by atoms with Gasteiger partial charge >= 0.3 is 6.09 Å². The number of ether oxygens (including phenoxy) is 1. The molecule has 6 fully saturated rings. The number of halogens is 2. The summed E-state index contributed by atoms with van der Waals surface area (Å²) in [5.74, 6) is 0. The van der Waals surface area contributed by atoms with Gasteiger partial charge in [0.25, 0.3) is 0 Å². The van der Waals surface area contributed by atoms with E-state index in [0.717, 1.165) is 30.3 Å². The van der Waals surface area contributed by atoms with Gasteiger partial charge in [-0.1, -0.05) is 13.8 Å². The second kappa shape index (κ2) is 9.12. The number of amides is 1. The second-order valence-corrected chi connectivity index (χ2v) is 12.1. The van der Waals surface area contributed by atoms with Crippen LogP contribution < -0.4 is 11.1 Å². The summed E-state index contributed by atoms with van der Waals surface area (Å²) in [6, 6.07) is 0. The summed E-state index contributed by atoms with van der Waals surface area (Å²) in [7, 11) is 0. The Hall–Kier alpha value is -0.190. The van der Waals surface area contributed by atoms with Crippen molar-refractivity contribution >= 4 is 30.9 Å². The van der Waals surface area contributed by atoms with Gasteiger partial charge in [-0.05, 0) is 113 Å². The predicted molar refractivity (Wildman–Crippen MR) is 125 cm³/mol. The first kappa shape index (κ1) is 26.8. The number of nitrogens with one attached hydrogen (secondary N) is 1. The Kier molecular flexibility index (Phi) is 8.44. The van der Waals surface area contributed by atoms with E-state index in [1.165, 1.54) is 57.8 Å². The Labute approximate surface area is 190 Å². The van der Waals surface area contributed by atoms with Crippen molar-refractivity contribution in [3.05, 3.63) is 0 Å². The lowest BCUT2D eigenvalue weighted by atomic mass is 9.35. The van der Waals surface area contributed by atoms with Gasteiger partial charge in [0.1, 0.15) is 5.60 Å². The zero-order chi connectivity index (χ0) is 20.0. The van der Waals surface area contributed by atoms with Crippen LogP contribution in [0, 0.1) is 21.7 Å². The highest BCUT2D eigenvalue weighted by atomic mass is 35.5. The molecule has 4 bridgehead atoms. The molecule has 0 aromatic heterocycles. The Morgan fingerprint density at radius 3 is 1.66 bits per heavy atom. The van der Waals surface area contributed by atoms with Gasteiger partial charge in [-0.3, -0.25) is 0 Å². The van der Waals surface area contributed by atoms with Crippen LogP contribution in [0.1, 0.15) is 98.8 Å². The third-order valence-corrected chi connectivity index (χ3v) is 7.27. The molecule has 6 heteroatoms. The third kappa shape index (κ3) is 6.40. The minimum atomic E-state index is -0.396. The molecule has 3 N–H and O–H groups in total. The molecule has 0 aromatic rings. The zero-order valence-corrected chi connectivity index (χ0v) is 20.8. The molecule has 0 atom stereocenters. The van der Waals surface area contributed by atoms with Crippen molar-refractivity contribution in [1.29, 1.82) is 0 Å². The average Bonchev–Trinajstić information content (AvgIpc) is 2.41. The molecular weight excluding hydrogens is 407 g/mol. The first-order valence-corrected chi connectivity index (χ1v) is 11.1. The lowest BCUT2D eigenvalue weighted by Gasteiger charge is -2.70. The molecule has 0 unspecified atom stereocenters. The summed E-state index contributed by atoms with van der Waals surface area (Å²) in [5.41, 5.74) is 8.00. The number of hydrogen-bond donors (Lipinski definition) is 2. The van der Waals surface area contributed by atoms with Crippen molar-refractivity contribution in [3.63, 3.8) is 0 Å². The van der Waals surface area contributed by atoms with E-state index in [1.807, 2.05) is 20.8 Å². The predicted octanol–water partition coefficient (Wildman–Crippen LogP) is 6.24. The molecule has 6 aliphatic rings. The van der Waals surface area contributed by atoms with Crippen LogP contribution in [0.2, 0.25) is 0 Å². The maximum Gasteiger partial charge on any atom is 0.407 e. The average molecular weight is 452 g/mol. The van der Waals surface area contributed by atoms with Crippen LogP contribution in [-0.4, -0.2) is 24.8 Å². The summed E-state index contributed by atoms with van der Waals surface area (Å²) in [6.45, 7) is 12.1. The van der Waals surface area contributed by atoms with Crippen molar-refractivity contribution in [2.75, 3.05) is 13.1 Å². The third-order valence-electron chi connectivity index (χ3n) is 7.27. The lowest BCUT2D eigenvalue weighted by molar-refractivity contribution is -0.195. The van der Waals surface area contributed by atoms with Crippen molar-refractivity contribution in [3.8, 4) is 0 Å². The van der Waals surface area contributed by atoms with E-state index in [0.29, 0.717) is 10.8 Å². The summed E-state index contributed by atoms with van der Waals surface area (Å²) < 4.78 is 5.19. The first-order chi connectivity index (χ1) is 12.4. The van der Waals surface area contributed by atoms with E-state index in [2.05, 4.69) is 19.2 Å². The monoisotopic (exact) mass is 450 g/mol. The molecule has 172 valence electrons. The standard InChI is InChI=1S/C14H25NO2.C9H17N.2ClH/c1-12(2,3)17-11(16)15-7-5-6-14-8-13(4,9-14)10-14;1-8-5-9(6-8,7-8)3-2-4-10;;/h5-10H2,1-4H3,(H,15,16);2-7,10H2,1H3;2*1H. The molecular formula is C23H44Cl2N2O2. The maximum absolute atomic E-state index is 11.4. The summed E-state index contributed by atoms with van der Waals surface area (Å²) in [4.78, 5) is 11.4. The molecule has 6 rings (SSSR count). The molecule has 6 saturated carbocycles. The highest BCUT2D eigenvalue weighted by Gasteiger charge is 2.64. The molecule has 0 heterocycles. The van der Waals surface area contributed by atoms with Crippen LogP contribution in [0.25, 0.3) is 0 Å². The van der Waals surface area contributed by atoms with Gasteiger partial charge in [0.05, 0.1) is 0 Å². The van der Waals surface area contributed by atoms with E-state index in [1.54, 1.807) is 0 Å². The molecule has 29 heavy (non-hydrogen) atoms. The van der Waals surface area contributed by atoms with Crippen LogP contribution in [0.15, 0.2) is 0 Å². The van der Waals surface area contributed by atoms with Crippen molar-refractivity contribution in [2.45, 2.75) is 104 Å². The van der Waals surface area contributed by atoms with E-state index >= 15 is 0 Å². The number of hydrogen-bond acceptors (Lipinski definition) is 3. The molecule has 0 radical (unpaired) electrons. The van der Waals surface area contributed by atoms with Gasteiger partial charge in [0.15, 0.2) is 0 Å². The lowest BCUT2D eigenvalue weighted by Crippen LogP contribution is -2.59. The highest BCUT2D eigenvalue weighted by molar-refractivity contribution is 5.85. The highest BCUT2D eigenvalue weighted by Crippen LogP contribution is 2.75. The molecule has 1 amide bonds. The van der Waals surface area contributed by atoms with E-state index in [4.69, 9.17) is 10.5 Å². The Morgan fingerprint density at radius 2 is 1.31 bits per heavy atom. The van der Waals surface area contributed by atoms with Crippen LogP contribution in [0.3, 0.4) is 0 Å². The van der Waals surface area contributed by atoms with E-state index in [9.17, 15) is 4.79 Å². The van der Waals surface area contributed by atoms with Crippen molar-refractivity contribution in [1.82, 2.24) is 5.32 Å². The van der Waals surface area contributed by atoms with Gasteiger partial charge in [-0.15, -0.1) is 24.8 Å². The quantitative estimate of drug-likeness (QED) is 0.450. The number of carbonyl (C=O) groups excluding carboxylic acids is 1. The maximum atomic E-state index is 11.4. The summed E-state index contributed by atoms with van der Waals surface area (Å²) in [6.07, 6.45) is 13.4. The smallest absolute Gasteiger partial charge is 0.407 e. The Morgan fingerprint density at radius 1 is 0.897 bits per heavy atom. The van der Waals surface area contributed by atoms with Crippen LogP contribution in [-0.2, 0) is 4.74 Å². The molecule has 0 aliphatic heterocycles. The normalized spacial score (nSPS) is 37.4. The van der Waals surface area contributed by atoms with Gasteiger partial charge in [-0.2, -0.15) is 0 Å². The minimum absolute atomic E-state index is 0. The van der Waals surface area contributed by atoms with Crippen LogP contribution in [0.4, 0.5) is 4.79 Å². The summed E-state index contributed by atoms with van der Waals surface area (Å²) >= 11 is 0. The topological polar surface area (TPSA) is 64.3 Å². The van der Waals surface area contributed by atoms with Crippen LogP contribution in [0.5, 0.6) is 0 Å². The number of carbonyl (C=O) groups is 1. The molecule has 6 aliphatic carbocycles. The molecule has 4 nitrogen and oxygen atoms in total. The second-order valence-electron chi connectivity index (χ2n) is 12.1. The fourth-order valence-electron chi connectivity index (χ4n) is 7.10. The number of alkyl carbamates (subject to hydrolysis) is 1. The van der Waals surface area contributed by atoms with Gasteiger partial charge in [-0.25, -0.2) is 4.79 Å². The molecule has 0 aromatic carbocycles. The van der Waals surface area contributed by atoms with E-state index < -0.39 is 5.60 Å². The van der Waals surface area contributed by atoms with Gasteiger partial charge in [0.2, 0.25) is 0 Å². The fraction of sp³-hybridized carbons (Fsp3) is 0.957. The SMILES string of the molecule is CC12CC(CCCN)(C1)C2.CC12CC(CCCNC(=O)OC(C)(C)C)(C1)C2.Cl.Cl. The van der Waals surface area contributed by atoms with Gasteiger partial charge < -0.3 is 15.8 Å². The van der Waals surface area contributed by atoms with Gasteiger partial charge in [0, 0.05) is 6.54 Å². The first-order valence-electron chi connectivity index (χ1n) is 11.1. The Bertz CT molecular complexity index is 534. The summed E-state index contributed by atoms with van der Waals surface area (Å²) in [5, 5.41) is 2.83. The fourth-order valence-corrected chi connectivity index (χ4v) is 7.10.